The normalized spacial score (nSPS) is 12.2. The topological polar surface area (TPSA) is 158 Å². The quantitative estimate of drug-likeness (QED) is 0.130. The van der Waals surface area contributed by atoms with Gasteiger partial charge in [-0.25, -0.2) is 27.0 Å². The molecule has 4 N–H and O–H groups in total. The van der Waals surface area contributed by atoms with E-state index in [-0.39, 0.29) is 41.6 Å². The number of carbonyl (C=O) groups is 3. The molecule has 0 amide bonds. The van der Waals surface area contributed by atoms with Crippen molar-refractivity contribution < 1.29 is 36.7 Å². The minimum Gasteiger partial charge on any atom is -0.480 e. The van der Waals surface area contributed by atoms with Crippen LogP contribution in [0.1, 0.15) is 42.1 Å². The lowest BCUT2D eigenvalue weighted by atomic mass is 9.99. The third kappa shape index (κ3) is 6.57. The first-order valence-corrected chi connectivity index (χ1v) is 14.2. The summed E-state index contributed by atoms with van der Waals surface area (Å²) in [5.74, 6) is -4.85. The van der Waals surface area contributed by atoms with Gasteiger partial charge in [0.15, 0.2) is 5.82 Å². The molecule has 2 aromatic carbocycles. The second-order valence-corrected chi connectivity index (χ2v) is 11.1. The zero-order valence-corrected chi connectivity index (χ0v) is 22.6. The molecule has 2 aromatic heterocycles. The number of aldehydes is 1. The molecule has 2 heterocycles. The van der Waals surface area contributed by atoms with Crippen LogP contribution in [0.2, 0.25) is 0 Å². The summed E-state index contributed by atoms with van der Waals surface area (Å²) in [6.07, 6.45) is 3.95. The maximum Gasteiger partial charge on any atom is 0.326 e. The van der Waals surface area contributed by atoms with Crippen LogP contribution in [0.25, 0.3) is 22.2 Å². The van der Waals surface area contributed by atoms with Gasteiger partial charge in [-0.05, 0) is 48.7 Å². The van der Waals surface area contributed by atoms with E-state index >= 15 is 4.39 Å². The molecule has 4 aromatic rings. The number of ketones is 1. The van der Waals surface area contributed by atoms with Crippen LogP contribution in [-0.2, 0) is 19.6 Å². The van der Waals surface area contributed by atoms with Gasteiger partial charge >= 0.3 is 5.97 Å². The molecule has 0 saturated heterocycles. The Hall–Kier alpha value is -4.65. The summed E-state index contributed by atoms with van der Waals surface area (Å²) in [4.78, 5) is 42.5. The SMILES string of the molecule is CCCS(=O)(=O)Nc1ccc(F)c(C(=O)c2c[nH]c3ncc(-c4ccc(NC(CCC=O)C(=O)O)cc4)cc23)c1F. The zero-order valence-electron chi connectivity index (χ0n) is 21.8. The first kappa shape index (κ1) is 29.3. The average Bonchev–Trinajstić information content (AvgIpc) is 3.36. The van der Waals surface area contributed by atoms with Crippen LogP contribution in [0.3, 0.4) is 0 Å². The summed E-state index contributed by atoms with van der Waals surface area (Å²) < 4.78 is 56.3. The molecule has 214 valence electrons. The third-order valence-corrected chi connectivity index (χ3v) is 7.74. The maximum atomic E-state index is 15.3. The summed E-state index contributed by atoms with van der Waals surface area (Å²) in [5, 5.41) is 12.5. The maximum absolute atomic E-state index is 15.3. The molecule has 0 aliphatic rings. The zero-order chi connectivity index (χ0) is 29.7. The van der Waals surface area contributed by atoms with Gasteiger partial charge in [0.2, 0.25) is 15.8 Å². The molecule has 10 nitrogen and oxygen atoms in total. The van der Waals surface area contributed by atoms with Crippen molar-refractivity contribution >= 4 is 50.5 Å². The van der Waals surface area contributed by atoms with Crippen LogP contribution < -0.4 is 10.0 Å². The molecule has 1 unspecified atom stereocenters. The van der Waals surface area contributed by atoms with Gasteiger partial charge in [-0.1, -0.05) is 19.1 Å². The van der Waals surface area contributed by atoms with E-state index in [1.807, 2.05) is 0 Å². The van der Waals surface area contributed by atoms with Crippen molar-refractivity contribution in [2.75, 3.05) is 15.8 Å². The van der Waals surface area contributed by atoms with Crippen molar-refractivity contribution in [2.45, 2.75) is 32.2 Å². The van der Waals surface area contributed by atoms with Crippen LogP contribution in [0, 0.1) is 11.6 Å². The first-order chi connectivity index (χ1) is 19.5. The van der Waals surface area contributed by atoms with Crippen LogP contribution in [0.4, 0.5) is 20.2 Å². The predicted octanol–water partition coefficient (Wildman–Crippen LogP) is 4.74. The highest BCUT2D eigenvalue weighted by molar-refractivity contribution is 7.92. The highest BCUT2D eigenvalue weighted by Gasteiger charge is 2.26. The Balaban J connectivity index is 1.64. The number of H-pyrrole nitrogens is 1. The van der Waals surface area contributed by atoms with Crippen molar-refractivity contribution in [2.24, 2.45) is 0 Å². The van der Waals surface area contributed by atoms with Gasteiger partial charge in [0.05, 0.1) is 17.0 Å². The molecule has 0 saturated carbocycles. The van der Waals surface area contributed by atoms with Crippen molar-refractivity contribution in [1.82, 2.24) is 9.97 Å². The van der Waals surface area contributed by atoms with E-state index in [1.54, 1.807) is 37.3 Å². The van der Waals surface area contributed by atoms with E-state index < -0.39 is 50.7 Å². The number of aromatic nitrogens is 2. The van der Waals surface area contributed by atoms with E-state index in [2.05, 4.69) is 20.0 Å². The Morgan fingerprint density at radius 3 is 2.51 bits per heavy atom. The van der Waals surface area contributed by atoms with Gasteiger partial charge in [0.25, 0.3) is 0 Å². The number of pyridine rings is 1. The van der Waals surface area contributed by atoms with Crippen molar-refractivity contribution in [1.29, 1.82) is 0 Å². The lowest BCUT2D eigenvalue weighted by Gasteiger charge is -2.15. The molecule has 0 radical (unpaired) electrons. The van der Waals surface area contributed by atoms with Gasteiger partial charge in [0.1, 0.15) is 23.8 Å². The Morgan fingerprint density at radius 2 is 1.85 bits per heavy atom. The first-order valence-electron chi connectivity index (χ1n) is 12.6. The summed E-state index contributed by atoms with van der Waals surface area (Å²) in [5.41, 5.74) is 0.510. The number of aliphatic carboxylic acids is 1. The summed E-state index contributed by atoms with van der Waals surface area (Å²) in [6, 6.07) is 9.10. The fraction of sp³-hybridized carbons (Fsp3) is 0.214. The minimum atomic E-state index is -3.89. The standard InChI is InChI=1S/C28H26F2N4O6S/c1-2-12-41(39,40)34-22-10-9-21(29)24(25(22)30)26(36)20-15-32-27-19(20)13-17(14-31-27)16-5-7-18(8-6-16)33-23(28(37)38)4-3-11-35/h5-11,13-15,23,33-34H,2-4,12H2,1H3,(H,31,32)(H,37,38). The Bertz CT molecular complexity index is 1720. The number of fused-ring (bicyclic) bond motifs is 1. The molecular formula is C28H26F2N4O6S. The van der Waals surface area contributed by atoms with E-state index in [0.29, 0.717) is 23.1 Å². The Morgan fingerprint density at radius 1 is 1.12 bits per heavy atom. The number of nitrogens with one attached hydrogen (secondary N) is 3. The number of halogens is 2. The van der Waals surface area contributed by atoms with Crippen molar-refractivity contribution in [3.05, 3.63) is 77.6 Å². The van der Waals surface area contributed by atoms with Crippen molar-refractivity contribution in [3.63, 3.8) is 0 Å². The van der Waals surface area contributed by atoms with E-state index in [9.17, 15) is 32.3 Å². The lowest BCUT2D eigenvalue weighted by Crippen LogP contribution is -2.29. The van der Waals surface area contributed by atoms with E-state index in [4.69, 9.17) is 0 Å². The monoisotopic (exact) mass is 584 g/mol. The number of hydrogen-bond donors (Lipinski definition) is 4. The summed E-state index contributed by atoms with van der Waals surface area (Å²) in [6.45, 7) is 1.63. The summed E-state index contributed by atoms with van der Waals surface area (Å²) >= 11 is 0. The number of anilines is 2. The second-order valence-electron chi connectivity index (χ2n) is 9.21. The fourth-order valence-electron chi connectivity index (χ4n) is 4.26. The average molecular weight is 585 g/mol. The smallest absolute Gasteiger partial charge is 0.326 e. The minimum absolute atomic E-state index is 0.0709. The van der Waals surface area contributed by atoms with Crippen LogP contribution in [0.15, 0.2) is 54.9 Å². The Labute approximate surface area is 233 Å². The molecule has 1 atom stereocenters. The molecule has 0 spiro atoms. The number of carbonyl (C=O) groups excluding carboxylic acids is 2. The molecule has 13 heteroatoms. The van der Waals surface area contributed by atoms with Crippen LogP contribution in [-0.4, -0.2) is 53.3 Å². The molecule has 0 fully saturated rings. The highest BCUT2D eigenvalue weighted by Crippen LogP contribution is 2.30. The molecule has 0 aliphatic heterocycles. The number of rotatable bonds is 13. The second kappa shape index (κ2) is 12.3. The van der Waals surface area contributed by atoms with E-state index in [0.717, 1.165) is 12.1 Å². The van der Waals surface area contributed by atoms with Gasteiger partial charge in [-0.15, -0.1) is 0 Å². The third-order valence-electron chi connectivity index (χ3n) is 6.26. The van der Waals surface area contributed by atoms with Crippen LogP contribution in [0.5, 0.6) is 0 Å². The van der Waals surface area contributed by atoms with Gasteiger partial charge in [-0.3, -0.25) is 9.52 Å². The van der Waals surface area contributed by atoms with Gasteiger partial charge in [-0.2, -0.15) is 0 Å². The summed E-state index contributed by atoms with van der Waals surface area (Å²) in [7, 11) is -3.89. The van der Waals surface area contributed by atoms with Gasteiger partial charge < -0.3 is 20.2 Å². The molecule has 0 aliphatic carbocycles. The largest absolute Gasteiger partial charge is 0.480 e. The predicted molar refractivity (Wildman–Crippen MR) is 149 cm³/mol. The molecule has 0 bridgehead atoms. The number of aromatic amines is 1. The van der Waals surface area contributed by atoms with E-state index in [1.165, 1.54) is 12.4 Å². The number of carboxylic acids is 1. The highest BCUT2D eigenvalue weighted by atomic mass is 32.2. The van der Waals surface area contributed by atoms with Crippen LogP contribution >= 0.6 is 0 Å². The Kier molecular flexibility index (Phi) is 8.77. The molecule has 41 heavy (non-hydrogen) atoms. The number of benzene rings is 2. The fourth-order valence-corrected chi connectivity index (χ4v) is 5.39. The number of nitrogens with zero attached hydrogens (tertiary/aromatic N) is 1. The number of carboxylic acid groups (broad SMARTS) is 1. The molecular weight excluding hydrogens is 558 g/mol. The number of hydrogen-bond acceptors (Lipinski definition) is 7. The lowest BCUT2D eigenvalue weighted by molar-refractivity contribution is -0.138. The molecule has 4 rings (SSSR count). The van der Waals surface area contributed by atoms with Gasteiger partial charge in [0, 0.05) is 41.0 Å². The number of sulfonamides is 1. The van der Waals surface area contributed by atoms with Crippen molar-refractivity contribution in [3.8, 4) is 11.1 Å².